The predicted molar refractivity (Wildman–Crippen MR) is 104 cm³/mol. The molecule has 0 saturated heterocycles. The molecule has 0 aliphatic heterocycles. The second kappa shape index (κ2) is 8.03. The molecule has 1 aliphatic carbocycles. The number of rotatable bonds is 6. The average molecular weight is 350 g/mol. The zero-order valence-electron chi connectivity index (χ0n) is 14.8. The van der Waals surface area contributed by atoms with E-state index in [1.165, 1.54) is 0 Å². The zero-order valence-corrected chi connectivity index (χ0v) is 14.8. The first-order valence-electron chi connectivity index (χ1n) is 8.69. The molecule has 0 bridgehead atoms. The van der Waals surface area contributed by atoms with Crippen molar-refractivity contribution in [2.75, 3.05) is 18.1 Å². The predicted octanol–water partition coefficient (Wildman–Crippen LogP) is 3.62. The maximum Gasteiger partial charge on any atom is 0.127 e. The van der Waals surface area contributed by atoms with Crippen LogP contribution in [0.1, 0.15) is 35.6 Å². The molecule has 4 nitrogen and oxygen atoms in total. The van der Waals surface area contributed by atoms with Crippen LogP contribution in [0.2, 0.25) is 0 Å². The van der Waals surface area contributed by atoms with Gasteiger partial charge in [-0.25, -0.2) is 9.37 Å². The van der Waals surface area contributed by atoms with Gasteiger partial charge in [-0.15, -0.1) is 0 Å². The summed E-state index contributed by atoms with van der Waals surface area (Å²) in [6, 6.07) is 6.71. The van der Waals surface area contributed by atoms with Crippen LogP contribution < -0.4 is 16.4 Å². The number of aromatic nitrogens is 1. The van der Waals surface area contributed by atoms with Crippen molar-refractivity contribution in [1.29, 1.82) is 0 Å². The summed E-state index contributed by atoms with van der Waals surface area (Å²) < 4.78 is 14.8. The van der Waals surface area contributed by atoms with Gasteiger partial charge < -0.3 is 16.4 Å². The van der Waals surface area contributed by atoms with E-state index in [9.17, 15) is 4.39 Å². The summed E-state index contributed by atoms with van der Waals surface area (Å²) in [5.74, 6) is 7.12. The van der Waals surface area contributed by atoms with E-state index in [-0.39, 0.29) is 11.9 Å². The molecule has 26 heavy (non-hydrogen) atoms. The molecule has 1 unspecified atom stereocenters. The van der Waals surface area contributed by atoms with Crippen molar-refractivity contribution in [2.24, 2.45) is 5.92 Å². The Morgan fingerprint density at radius 3 is 2.88 bits per heavy atom. The molecular weight excluding hydrogens is 327 g/mol. The monoisotopic (exact) mass is 350 g/mol. The molecule has 1 atom stereocenters. The quantitative estimate of drug-likeness (QED) is 0.696. The third-order valence-corrected chi connectivity index (χ3v) is 4.33. The number of anilines is 2. The third-order valence-electron chi connectivity index (χ3n) is 4.33. The van der Waals surface area contributed by atoms with Crippen LogP contribution >= 0.6 is 0 Å². The number of benzene rings is 1. The van der Waals surface area contributed by atoms with E-state index in [1.54, 1.807) is 24.5 Å². The molecule has 0 radical (unpaired) electrons. The highest BCUT2D eigenvalue weighted by Gasteiger charge is 2.20. The van der Waals surface area contributed by atoms with Crippen molar-refractivity contribution in [1.82, 2.24) is 10.3 Å². The van der Waals surface area contributed by atoms with Crippen LogP contribution in [0.5, 0.6) is 0 Å². The van der Waals surface area contributed by atoms with Gasteiger partial charge >= 0.3 is 0 Å². The Morgan fingerprint density at radius 2 is 2.23 bits per heavy atom. The summed E-state index contributed by atoms with van der Waals surface area (Å²) in [7, 11) is 1.83. The highest BCUT2D eigenvalue weighted by atomic mass is 19.1. The van der Waals surface area contributed by atoms with Crippen molar-refractivity contribution < 1.29 is 4.39 Å². The molecule has 1 heterocycles. The number of hydrogen-bond acceptors (Lipinski definition) is 4. The molecule has 2 aromatic rings. The van der Waals surface area contributed by atoms with E-state index in [0.717, 1.165) is 29.7 Å². The lowest BCUT2D eigenvalue weighted by atomic mass is 9.98. The van der Waals surface area contributed by atoms with Crippen LogP contribution in [0.3, 0.4) is 0 Å². The van der Waals surface area contributed by atoms with Gasteiger partial charge in [0.05, 0.1) is 6.04 Å². The Bertz CT molecular complexity index is 862. The summed E-state index contributed by atoms with van der Waals surface area (Å²) in [5, 5.41) is 6.28. The number of halogens is 1. The summed E-state index contributed by atoms with van der Waals surface area (Å²) in [4.78, 5) is 3.97. The first kappa shape index (κ1) is 18.0. The molecule has 4 N–H and O–H groups in total. The number of nitrogens with two attached hydrogens (primary N) is 1. The van der Waals surface area contributed by atoms with Crippen molar-refractivity contribution in [3.63, 3.8) is 0 Å². The molecule has 1 fully saturated rings. The third kappa shape index (κ3) is 4.41. The highest BCUT2D eigenvalue weighted by molar-refractivity contribution is 5.59. The summed E-state index contributed by atoms with van der Waals surface area (Å²) in [6.45, 7) is 3.73. The summed E-state index contributed by atoms with van der Waals surface area (Å²) >= 11 is 0. The fourth-order valence-electron chi connectivity index (χ4n) is 2.80. The van der Waals surface area contributed by atoms with E-state index < -0.39 is 0 Å². The molecule has 1 saturated carbocycles. The number of hydrogen-bond donors (Lipinski definition) is 3. The molecule has 0 spiro atoms. The van der Waals surface area contributed by atoms with Crippen LogP contribution in [-0.2, 0) is 6.42 Å². The van der Waals surface area contributed by atoms with Gasteiger partial charge in [0, 0.05) is 29.8 Å². The highest BCUT2D eigenvalue weighted by Crippen LogP contribution is 2.30. The van der Waals surface area contributed by atoms with Crippen LogP contribution in [-0.4, -0.2) is 12.0 Å². The lowest BCUT2D eigenvalue weighted by molar-refractivity contribution is 0.607. The minimum atomic E-state index is -0.265. The lowest BCUT2D eigenvalue weighted by Gasteiger charge is -2.17. The van der Waals surface area contributed by atoms with Crippen LogP contribution in [0, 0.1) is 23.6 Å². The second-order valence-electron chi connectivity index (χ2n) is 6.43. The van der Waals surface area contributed by atoms with E-state index in [4.69, 9.17) is 5.73 Å². The number of pyridine rings is 1. The molecule has 1 aliphatic rings. The normalized spacial score (nSPS) is 14.2. The number of nitrogens with one attached hydrogen (secondary N) is 2. The smallest absolute Gasteiger partial charge is 0.127 e. The van der Waals surface area contributed by atoms with Crippen LogP contribution in [0.4, 0.5) is 15.9 Å². The Hall–Kier alpha value is -2.84. The largest absolute Gasteiger partial charge is 0.384 e. The Labute approximate surface area is 153 Å². The van der Waals surface area contributed by atoms with Gasteiger partial charge in [-0.1, -0.05) is 18.4 Å². The molecule has 0 amide bonds. The van der Waals surface area contributed by atoms with E-state index in [2.05, 4.69) is 34.0 Å². The maximum absolute atomic E-state index is 14.8. The Kier molecular flexibility index (Phi) is 5.55. The standard InChI is InChI=1S/C21H23FN4/c1-3-25-20-12-16(10-15-8-9-26-21(23)11-15)18(22)13-17(20)19(24-2)7-6-14-4-5-14/h3,8-9,11-14,19,24-25H,1,4-5,10H2,2H3,(H2,23,26). The fourth-order valence-corrected chi connectivity index (χ4v) is 2.80. The van der Waals surface area contributed by atoms with Gasteiger partial charge in [-0.2, -0.15) is 0 Å². The maximum atomic E-state index is 14.8. The van der Waals surface area contributed by atoms with Gasteiger partial charge in [0.25, 0.3) is 0 Å². The number of nitrogens with zero attached hydrogens (tertiary/aromatic N) is 1. The first-order chi connectivity index (χ1) is 12.6. The molecule has 3 rings (SSSR count). The Morgan fingerprint density at radius 1 is 1.42 bits per heavy atom. The first-order valence-corrected chi connectivity index (χ1v) is 8.69. The molecule has 1 aromatic heterocycles. The van der Waals surface area contributed by atoms with E-state index in [0.29, 0.717) is 23.7 Å². The van der Waals surface area contributed by atoms with Gasteiger partial charge in [-0.05, 0) is 61.5 Å². The topological polar surface area (TPSA) is 63.0 Å². The van der Waals surface area contributed by atoms with E-state index in [1.807, 2.05) is 19.2 Å². The summed E-state index contributed by atoms with van der Waals surface area (Å²) in [6.07, 6.45) is 5.96. The number of nitrogen functional groups attached to an aromatic ring is 1. The minimum Gasteiger partial charge on any atom is -0.384 e. The van der Waals surface area contributed by atoms with Crippen molar-refractivity contribution in [3.8, 4) is 11.8 Å². The van der Waals surface area contributed by atoms with Crippen LogP contribution in [0.25, 0.3) is 0 Å². The summed E-state index contributed by atoms with van der Waals surface area (Å²) in [5.41, 5.74) is 8.77. The van der Waals surface area contributed by atoms with Crippen molar-refractivity contribution in [2.45, 2.75) is 25.3 Å². The molecular formula is C21H23FN4. The average Bonchev–Trinajstić information content (AvgIpc) is 3.43. The minimum absolute atomic E-state index is 0.238. The zero-order chi connectivity index (χ0) is 18.5. The van der Waals surface area contributed by atoms with Gasteiger partial charge in [0.1, 0.15) is 11.6 Å². The SMILES string of the molecule is C=CNc1cc(Cc2ccnc(N)c2)c(F)cc1C(C#CC1CC1)NC. The van der Waals surface area contributed by atoms with E-state index >= 15 is 0 Å². The second-order valence-corrected chi connectivity index (χ2v) is 6.43. The van der Waals surface area contributed by atoms with Crippen molar-refractivity contribution in [3.05, 3.63) is 65.7 Å². The molecule has 5 heteroatoms. The van der Waals surface area contributed by atoms with Gasteiger partial charge in [0.15, 0.2) is 0 Å². The van der Waals surface area contributed by atoms with Gasteiger partial charge in [-0.3, -0.25) is 0 Å². The molecule has 134 valence electrons. The lowest BCUT2D eigenvalue weighted by Crippen LogP contribution is -2.17. The van der Waals surface area contributed by atoms with Crippen molar-refractivity contribution >= 4 is 11.5 Å². The van der Waals surface area contributed by atoms with Gasteiger partial charge in [0.2, 0.25) is 0 Å². The fraction of sp³-hybridized carbons (Fsp3) is 0.286. The Balaban J connectivity index is 1.94. The van der Waals surface area contributed by atoms with Crippen LogP contribution in [0.15, 0.2) is 43.2 Å². The molecule has 1 aromatic carbocycles.